The zero-order valence-electron chi connectivity index (χ0n) is 10.4. The minimum atomic E-state index is -1.18. The quantitative estimate of drug-likeness (QED) is 0.863. The molecular formula is C14H13BrN2O2. The van der Waals surface area contributed by atoms with E-state index in [0.717, 1.165) is 16.5 Å². The molecule has 0 aliphatic heterocycles. The van der Waals surface area contributed by atoms with Gasteiger partial charge in [-0.2, -0.15) is 5.26 Å². The van der Waals surface area contributed by atoms with E-state index < -0.39 is 11.8 Å². The maximum atomic E-state index is 12.1. The Hall–Kier alpha value is -1.67. The summed E-state index contributed by atoms with van der Waals surface area (Å²) in [6.07, 6.45) is 0.718. The summed E-state index contributed by atoms with van der Waals surface area (Å²) in [6.45, 7) is 0. The molecule has 0 aromatic heterocycles. The Morgan fingerprint density at radius 3 is 2.58 bits per heavy atom. The SMILES string of the molecule is CNC(=O)C(C#N)C(=O)C1CC1c1ccc(Br)cc1. The molecule has 1 aromatic rings. The molecule has 19 heavy (non-hydrogen) atoms. The summed E-state index contributed by atoms with van der Waals surface area (Å²) in [6, 6.07) is 9.56. The first-order valence-electron chi connectivity index (χ1n) is 5.99. The van der Waals surface area contributed by atoms with Gasteiger partial charge in [0, 0.05) is 17.4 Å². The van der Waals surface area contributed by atoms with Crippen LogP contribution in [0.1, 0.15) is 17.9 Å². The smallest absolute Gasteiger partial charge is 0.244 e. The van der Waals surface area contributed by atoms with Gasteiger partial charge in [-0.25, -0.2) is 0 Å². The van der Waals surface area contributed by atoms with Crippen molar-refractivity contribution >= 4 is 27.6 Å². The lowest BCUT2D eigenvalue weighted by atomic mass is 9.98. The number of hydrogen-bond donors (Lipinski definition) is 1. The van der Waals surface area contributed by atoms with E-state index in [4.69, 9.17) is 5.26 Å². The molecule has 1 aromatic carbocycles. The van der Waals surface area contributed by atoms with Gasteiger partial charge in [0.1, 0.15) is 0 Å². The fourth-order valence-corrected chi connectivity index (χ4v) is 2.46. The Balaban J connectivity index is 2.06. The number of carbonyl (C=O) groups is 2. The van der Waals surface area contributed by atoms with Gasteiger partial charge < -0.3 is 5.32 Å². The lowest BCUT2D eigenvalue weighted by molar-refractivity contribution is -0.132. The number of carbonyl (C=O) groups excluding carboxylic acids is 2. The lowest BCUT2D eigenvalue weighted by Crippen LogP contribution is -2.33. The average molecular weight is 321 g/mol. The molecule has 1 amide bonds. The zero-order chi connectivity index (χ0) is 14.0. The van der Waals surface area contributed by atoms with Gasteiger partial charge in [0.05, 0.1) is 6.07 Å². The molecule has 0 saturated heterocycles. The van der Waals surface area contributed by atoms with Crippen LogP contribution in [0.5, 0.6) is 0 Å². The molecule has 1 N–H and O–H groups in total. The summed E-state index contributed by atoms with van der Waals surface area (Å²) in [5.74, 6) is -2.04. The molecule has 2 rings (SSSR count). The average Bonchev–Trinajstić information content (AvgIpc) is 3.20. The Bertz CT molecular complexity index is 548. The fourth-order valence-electron chi connectivity index (χ4n) is 2.20. The van der Waals surface area contributed by atoms with Crippen molar-refractivity contribution in [1.29, 1.82) is 5.26 Å². The van der Waals surface area contributed by atoms with Crippen LogP contribution in [0.25, 0.3) is 0 Å². The first kappa shape index (κ1) is 13.8. The molecule has 1 fully saturated rings. The van der Waals surface area contributed by atoms with Crippen LogP contribution in [0.2, 0.25) is 0 Å². The summed E-state index contributed by atoms with van der Waals surface area (Å²) in [5, 5.41) is 11.3. The van der Waals surface area contributed by atoms with E-state index in [-0.39, 0.29) is 17.6 Å². The predicted molar refractivity (Wildman–Crippen MR) is 73.2 cm³/mol. The maximum Gasteiger partial charge on any atom is 0.244 e. The molecule has 5 heteroatoms. The van der Waals surface area contributed by atoms with Crippen molar-refractivity contribution in [1.82, 2.24) is 5.32 Å². The number of nitrogens with one attached hydrogen (secondary N) is 1. The molecule has 4 nitrogen and oxygen atoms in total. The van der Waals surface area contributed by atoms with Gasteiger partial charge in [-0.05, 0) is 30.0 Å². The van der Waals surface area contributed by atoms with E-state index in [9.17, 15) is 9.59 Å². The van der Waals surface area contributed by atoms with Crippen molar-refractivity contribution in [3.8, 4) is 6.07 Å². The van der Waals surface area contributed by atoms with Crippen molar-refractivity contribution in [2.75, 3.05) is 7.05 Å². The van der Waals surface area contributed by atoms with Gasteiger partial charge in [0.2, 0.25) is 5.91 Å². The van der Waals surface area contributed by atoms with Gasteiger partial charge in [-0.3, -0.25) is 9.59 Å². The third-order valence-electron chi connectivity index (χ3n) is 3.38. The fraction of sp³-hybridized carbons (Fsp3) is 0.357. The van der Waals surface area contributed by atoms with Crippen LogP contribution in [-0.2, 0) is 9.59 Å². The number of rotatable bonds is 4. The van der Waals surface area contributed by atoms with E-state index >= 15 is 0 Å². The number of nitrogens with zero attached hydrogens (tertiary/aromatic N) is 1. The molecule has 0 bridgehead atoms. The summed E-state index contributed by atoms with van der Waals surface area (Å²) < 4.78 is 0.986. The number of nitriles is 1. The Morgan fingerprint density at radius 1 is 1.42 bits per heavy atom. The van der Waals surface area contributed by atoms with E-state index in [1.54, 1.807) is 6.07 Å². The lowest BCUT2D eigenvalue weighted by Gasteiger charge is -2.06. The maximum absolute atomic E-state index is 12.1. The standard InChI is InChI=1S/C14H13BrN2O2/c1-17-14(19)12(7-16)13(18)11-6-10(11)8-2-4-9(15)5-3-8/h2-5,10-12H,6H2,1H3,(H,17,19). The van der Waals surface area contributed by atoms with Crippen molar-refractivity contribution in [3.05, 3.63) is 34.3 Å². The number of ketones is 1. The molecule has 3 unspecified atom stereocenters. The highest BCUT2D eigenvalue weighted by Crippen LogP contribution is 2.49. The third kappa shape index (κ3) is 2.85. The Labute approximate surface area is 119 Å². The molecular weight excluding hydrogens is 308 g/mol. The topological polar surface area (TPSA) is 70.0 Å². The molecule has 3 atom stereocenters. The van der Waals surface area contributed by atoms with Crippen molar-refractivity contribution < 1.29 is 9.59 Å². The van der Waals surface area contributed by atoms with Crippen LogP contribution < -0.4 is 5.32 Å². The summed E-state index contributed by atoms with van der Waals surface area (Å²) >= 11 is 3.36. The van der Waals surface area contributed by atoms with Gasteiger partial charge in [-0.15, -0.1) is 0 Å². The minimum Gasteiger partial charge on any atom is -0.358 e. The van der Waals surface area contributed by atoms with Crippen LogP contribution in [0, 0.1) is 23.2 Å². The van der Waals surface area contributed by atoms with Gasteiger partial charge in [0.25, 0.3) is 0 Å². The second kappa shape index (κ2) is 5.54. The highest BCUT2D eigenvalue weighted by atomic mass is 79.9. The van der Waals surface area contributed by atoms with Gasteiger partial charge in [0.15, 0.2) is 11.7 Å². The molecule has 1 aliphatic rings. The summed E-state index contributed by atoms with van der Waals surface area (Å²) in [7, 11) is 1.43. The molecule has 0 radical (unpaired) electrons. The highest BCUT2D eigenvalue weighted by Gasteiger charge is 2.47. The largest absolute Gasteiger partial charge is 0.358 e. The summed E-state index contributed by atoms with van der Waals surface area (Å²) in [5.41, 5.74) is 1.08. The number of Topliss-reactive ketones (excluding diaryl/α,β-unsaturated/α-hetero) is 1. The van der Waals surface area contributed by atoms with E-state index in [1.807, 2.05) is 24.3 Å². The van der Waals surface area contributed by atoms with Crippen LogP contribution in [0.4, 0.5) is 0 Å². The minimum absolute atomic E-state index is 0.140. The van der Waals surface area contributed by atoms with E-state index in [0.29, 0.717) is 0 Å². The van der Waals surface area contributed by atoms with Gasteiger partial charge in [-0.1, -0.05) is 28.1 Å². The number of halogens is 1. The zero-order valence-corrected chi connectivity index (χ0v) is 12.0. The summed E-state index contributed by atoms with van der Waals surface area (Å²) in [4.78, 5) is 23.5. The molecule has 1 aliphatic carbocycles. The molecule has 0 spiro atoms. The third-order valence-corrected chi connectivity index (χ3v) is 3.90. The number of benzene rings is 1. The van der Waals surface area contributed by atoms with Crippen molar-refractivity contribution in [3.63, 3.8) is 0 Å². The second-order valence-electron chi connectivity index (χ2n) is 4.58. The Morgan fingerprint density at radius 2 is 2.05 bits per heavy atom. The Kier molecular flexibility index (Phi) is 4.01. The van der Waals surface area contributed by atoms with E-state index in [2.05, 4.69) is 21.2 Å². The second-order valence-corrected chi connectivity index (χ2v) is 5.49. The van der Waals surface area contributed by atoms with Crippen LogP contribution >= 0.6 is 15.9 Å². The molecule has 98 valence electrons. The predicted octanol–water partition coefficient (Wildman–Crippen LogP) is 2.01. The van der Waals surface area contributed by atoms with Crippen LogP contribution in [0.3, 0.4) is 0 Å². The molecule has 1 saturated carbocycles. The normalized spacial score (nSPS) is 22.2. The highest BCUT2D eigenvalue weighted by molar-refractivity contribution is 9.10. The number of hydrogen-bond acceptors (Lipinski definition) is 3. The van der Waals surface area contributed by atoms with E-state index in [1.165, 1.54) is 7.05 Å². The monoisotopic (exact) mass is 320 g/mol. The van der Waals surface area contributed by atoms with Crippen molar-refractivity contribution in [2.24, 2.45) is 11.8 Å². The number of amides is 1. The molecule has 0 heterocycles. The van der Waals surface area contributed by atoms with Crippen molar-refractivity contribution in [2.45, 2.75) is 12.3 Å². The first-order chi connectivity index (χ1) is 9.08. The van der Waals surface area contributed by atoms with Crippen LogP contribution in [-0.4, -0.2) is 18.7 Å². The van der Waals surface area contributed by atoms with Gasteiger partial charge >= 0.3 is 0 Å². The first-order valence-corrected chi connectivity index (χ1v) is 6.78. The van der Waals surface area contributed by atoms with Crippen LogP contribution in [0.15, 0.2) is 28.7 Å².